The van der Waals surface area contributed by atoms with Crippen LogP contribution >= 0.6 is 11.3 Å². The van der Waals surface area contributed by atoms with Crippen LogP contribution in [0.15, 0.2) is 35.9 Å². The Morgan fingerprint density at radius 1 is 1.23 bits per heavy atom. The monoisotopic (exact) mass is 382 g/mol. The smallest absolute Gasteiger partial charge is 0.435 e. The fourth-order valence-corrected chi connectivity index (χ4v) is 3.13. The molecule has 0 spiro atoms. The lowest BCUT2D eigenvalue weighted by atomic mass is 10.1. The van der Waals surface area contributed by atoms with Gasteiger partial charge in [0.1, 0.15) is 0 Å². The predicted molar refractivity (Wildman–Crippen MR) is 91.0 cm³/mol. The third-order valence-electron chi connectivity index (χ3n) is 3.63. The molecule has 9 heteroatoms. The van der Waals surface area contributed by atoms with E-state index in [1.54, 1.807) is 11.4 Å². The molecule has 0 unspecified atom stereocenters. The van der Waals surface area contributed by atoms with Crippen molar-refractivity contribution in [2.24, 2.45) is 0 Å². The van der Waals surface area contributed by atoms with E-state index in [2.05, 4.69) is 4.98 Å². The number of ketones is 1. The molecule has 3 rings (SSSR count). The molecule has 0 amide bonds. The molecule has 26 heavy (non-hydrogen) atoms. The first-order valence-corrected chi connectivity index (χ1v) is 8.20. The summed E-state index contributed by atoms with van der Waals surface area (Å²) in [4.78, 5) is 16.2. The first-order valence-electron chi connectivity index (χ1n) is 7.32. The van der Waals surface area contributed by atoms with Crippen LogP contribution in [-0.2, 0) is 6.18 Å². The Morgan fingerprint density at radius 2 is 1.96 bits per heavy atom. The van der Waals surface area contributed by atoms with Crippen LogP contribution in [0.1, 0.15) is 21.7 Å². The minimum atomic E-state index is -4.61. The summed E-state index contributed by atoms with van der Waals surface area (Å²) >= 11 is 1.08. The van der Waals surface area contributed by atoms with E-state index in [1.807, 2.05) is 0 Å². The number of carbonyl (C=O) groups excluding carboxylic acids is 1. The molecule has 0 radical (unpaired) electrons. The number of carbonyl (C=O) groups is 1. The normalized spacial score (nSPS) is 12.0. The van der Waals surface area contributed by atoms with E-state index in [0.29, 0.717) is 11.5 Å². The van der Waals surface area contributed by atoms with Crippen LogP contribution in [0.4, 0.5) is 13.2 Å². The number of imidazole rings is 1. The third kappa shape index (κ3) is 3.30. The number of allylic oxidation sites excluding steroid dienone is 1. The van der Waals surface area contributed by atoms with Gasteiger partial charge in [-0.25, -0.2) is 4.98 Å². The van der Waals surface area contributed by atoms with Crippen LogP contribution in [0, 0.1) is 0 Å². The van der Waals surface area contributed by atoms with Crippen molar-refractivity contribution < 1.29 is 27.4 Å². The van der Waals surface area contributed by atoms with E-state index < -0.39 is 17.7 Å². The number of fused-ring (bicyclic) bond motifs is 1. The van der Waals surface area contributed by atoms with E-state index in [0.717, 1.165) is 23.5 Å². The number of rotatable bonds is 5. The van der Waals surface area contributed by atoms with Gasteiger partial charge in [-0.15, -0.1) is 11.3 Å². The fraction of sp³-hybridized carbons (Fsp3) is 0.176. The number of benzene rings is 1. The van der Waals surface area contributed by atoms with E-state index in [9.17, 15) is 18.0 Å². The minimum Gasteiger partial charge on any atom is -0.493 e. The summed E-state index contributed by atoms with van der Waals surface area (Å²) < 4.78 is 51.0. The molecular formula is C17H13F3N2O3S. The van der Waals surface area contributed by atoms with Gasteiger partial charge in [0.05, 0.1) is 19.9 Å². The molecule has 2 heterocycles. The van der Waals surface area contributed by atoms with Crippen LogP contribution in [0.5, 0.6) is 11.5 Å². The van der Waals surface area contributed by atoms with Gasteiger partial charge < -0.3 is 9.47 Å². The highest BCUT2D eigenvalue weighted by molar-refractivity contribution is 7.15. The maximum absolute atomic E-state index is 13.2. The number of methoxy groups -OCH3 is 2. The third-order valence-corrected chi connectivity index (χ3v) is 4.38. The molecule has 136 valence electrons. The maximum Gasteiger partial charge on any atom is 0.435 e. The molecular weight excluding hydrogens is 369 g/mol. The number of hydrogen-bond donors (Lipinski definition) is 0. The lowest BCUT2D eigenvalue weighted by Crippen LogP contribution is -2.08. The van der Waals surface area contributed by atoms with Gasteiger partial charge in [-0.2, -0.15) is 13.2 Å². The molecule has 0 saturated heterocycles. The Hall–Kier alpha value is -2.81. The number of aromatic nitrogens is 2. The zero-order chi connectivity index (χ0) is 18.9. The van der Waals surface area contributed by atoms with Crippen LogP contribution in [0.2, 0.25) is 0 Å². The highest BCUT2D eigenvalue weighted by Crippen LogP contribution is 2.34. The summed E-state index contributed by atoms with van der Waals surface area (Å²) in [5.41, 5.74) is -0.957. The number of alkyl halides is 3. The van der Waals surface area contributed by atoms with Crippen molar-refractivity contribution in [3.8, 4) is 11.5 Å². The molecule has 1 aromatic carbocycles. The highest BCUT2D eigenvalue weighted by atomic mass is 32.1. The second kappa shape index (κ2) is 6.83. The van der Waals surface area contributed by atoms with Crippen molar-refractivity contribution in [2.45, 2.75) is 6.18 Å². The summed E-state index contributed by atoms with van der Waals surface area (Å²) in [5.74, 6) is 0.333. The van der Waals surface area contributed by atoms with Gasteiger partial charge in [-0.3, -0.25) is 9.20 Å². The Bertz CT molecular complexity index is 989. The highest BCUT2D eigenvalue weighted by Gasteiger charge is 2.37. The standard InChI is InChI=1S/C17H13F3N2O3S/c1-24-13-6-3-10(9-14(13)25-2)12(23)5-4-11-15(17(18,19)20)21-16-22(11)7-8-26-16/h3-9H,1-2H3/b5-4+. The molecule has 0 N–H and O–H groups in total. The second-order valence-electron chi connectivity index (χ2n) is 5.17. The topological polar surface area (TPSA) is 52.8 Å². The van der Waals surface area contributed by atoms with Gasteiger partial charge in [0.25, 0.3) is 0 Å². The number of halogens is 3. The molecule has 0 aliphatic carbocycles. The Balaban J connectivity index is 1.96. The van der Waals surface area contributed by atoms with Gasteiger partial charge in [0.15, 0.2) is 27.9 Å². The quantitative estimate of drug-likeness (QED) is 0.487. The number of hydrogen-bond acceptors (Lipinski definition) is 5. The van der Waals surface area contributed by atoms with Crippen molar-refractivity contribution in [1.29, 1.82) is 0 Å². The predicted octanol–water partition coefficient (Wildman–Crippen LogP) is 4.33. The van der Waals surface area contributed by atoms with E-state index in [1.165, 1.54) is 36.9 Å². The Labute approximate surface area is 150 Å². The molecule has 5 nitrogen and oxygen atoms in total. The van der Waals surface area contributed by atoms with E-state index >= 15 is 0 Å². The number of ether oxygens (including phenoxy) is 2. The average Bonchev–Trinajstić information content (AvgIpc) is 3.20. The Morgan fingerprint density at radius 3 is 2.62 bits per heavy atom. The van der Waals surface area contributed by atoms with Crippen molar-refractivity contribution in [2.75, 3.05) is 14.2 Å². The van der Waals surface area contributed by atoms with Crippen LogP contribution in [0.3, 0.4) is 0 Å². The molecule has 2 aromatic heterocycles. The van der Waals surface area contributed by atoms with Gasteiger partial charge in [-0.05, 0) is 30.4 Å². The SMILES string of the molecule is COc1ccc(C(=O)/C=C/c2c(C(F)(F)F)nc3sccn23)cc1OC. The minimum absolute atomic E-state index is 0.192. The molecule has 0 atom stereocenters. The van der Waals surface area contributed by atoms with Crippen LogP contribution in [-0.4, -0.2) is 29.4 Å². The zero-order valence-corrected chi connectivity index (χ0v) is 14.5. The maximum atomic E-state index is 13.2. The van der Waals surface area contributed by atoms with Crippen LogP contribution < -0.4 is 9.47 Å². The molecule has 0 fully saturated rings. The van der Waals surface area contributed by atoms with E-state index in [4.69, 9.17) is 9.47 Å². The molecule has 0 aliphatic heterocycles. The van der Waals surface area contributed by atoms with Crippen molar-refractivity contribution >= 4 is 28.2 Å². The molecule has 0 bridgehead atoms. The summed E-state index contributed by atoms with van der Waals surface area (Å²) in [6.07, 6.45) is -0.938. The summed E-state index contributed by atoms with van der Waals surface area (Å²) in [6.45, 7) is 0. The molecule has 0 saturated carbocycles. The van der Waals surface area contributed by atoms with Crippen molar-refractivity contribution in [1.82, 2.24) is 9.38 Å². The second-order valence-corrected chi connectivity index (χ2v) is 6.04. The fourth-order valence-electron chi connectivity index (χ4n) is 2.41. The van der Waals surface area contributed by atoms with Crippen LogP contribution in [0.25, 0.3) is 11.0 Å². The van der Waals surface area contributed by atoms with Gasteiger partial charge >= 0.3 is 6.18 Å². The number of nitrogens with zero attached hydrogens (tertiary/aromatic N) is 2. The first kappa shape index (κ1) is 18.0. The average molecular weight is 382 g/mol. The molecule has 3 aromatic rings. The molecule has 0 aliphatic rings. The zero-order valence-electron chi connectivity index (χ0n) is 13.7. The van der Waals surface area contributed by atoms with Gasteiger partial charge in [0.2, 0.25) is 0 Å². The lowest BCUT2D eigenvalue weighted by molar-refractivity contribution is -0.140. The largest absolute Gasteiger partial charge is 0.493 e. The van der Waals surface area contributed by atoms with E-state index in [-0.39, 0.29) is 16.2 Å². The lowest BCUT2D eigenvalue weighted by Gasteiger charge is -2.08. The van der Waals surface area contributed by atoms with Gasteiger partial charge in [0, 0.05) is 17.1 Å². The summed E-state index contributed by atoms with van der Waals surface area (Å²) in [5, 5.41) is 1.62. The summed E-state index contributed by atoms with van der Waals surface area (Å²) in [6, 6.07) is 4.53. The first-order chi connectivity index (χ1) is 12.3. The Kier molecular flexibility index (Phi) is 4.73. The van der Waals surface area contributed by atoms with Crippen molar-refractivity contribution in [3.05, 3.63) is 52.8 Å². The van der Waals surface area contributed by atoms with Crippen molar-refractivity contribution in [3.63, 3.8) is 0 Å². The van der Waals surface area contributed by atoms with Gasteiger partial charge in [-0.1, -0.05) is 0 Å². The number of thiazole rings is 1. The summed E-state index contributed by atoms with van der Waals surface area (Å²) in [7, 11) is 2.89.